The molecule has 4 rings (SSSR count). The molecule has 2 aromatic carbocycles. The molecule has 1 aliphatic rings. The fourth-order valence-corrected chi connectivity index (χ4v) is 4.81. The van der Waals surface area contributed by atoms with Crippen LogP contribution in [-0.4, -0.2) is 63.4 Å². The second kappa shape index (κ2) is 13.4. The topological polar surface area (TPSA) is 130 Å². The fourth-order valence-electron chi connectivity index (χ4n) is 4.21. The van der Waals surface area contributed by atoms with Gasteiger partial charge >= 0.3 is 6.03 Å². The van der Waals surface area contributed by atoms with E-state index < -0.39 is 6.03 Å². The number of piperazine rings is 1. The minimum Gasteiger partial charge on any atom is -0.495 e. The number of anilines is 5. The first kappa shape index (κ1) is 29.1. The molecule has 13 heteroatoms. The molecule has 0 saturated carbocycles. The predicted octanol–water partition coefficient (Wildman–Crippen LogP) is 4.64. The van der Waals surface area contributed by atoms with Crippen LogP contribution in [-0.2, 0) is 6.42 Å². The summed E-state index contributed by atoms with van der Waals surface area (Å²) in [6.07, 6.45) is 5.46. The molecule has 1 saturated heterocycles. The number of allylic oxidation sites excluding steroid dienone is 1. The first-order valence-corrected chi connectivity index (χ1v) is 13.3. The van der Waals surface area contributed by atoms with Crippen molar-refractivity contribution in [2.75, 3.05) is 67.9 Å². The van der Waals surface area contributed by atoms with E-state index in [-0.39, 0.29) is 15.7 Å². The highest BCUT2D eigenvalue weighted by Gasteiger charge is 2.22. The molecular weight excluding hydrogens is 555 g/mol. The van der Waals surface area contributed by atoms with E-state index in [1.54, 1.807) is 19.2 Å². The molecule has 0 aliphatic carbocycles. The van der Waals surface area contributed by atoms with Gasteiger partial charge in [0.15, 0.2) is 0 Å². The summed E-state index contributed by atoms with van der Waals surface area (Å²) in [6, 6.07) is 8.95. The predicted molar refractivity (Wildman–Crippen MR) is 161 cm³/mol. The third-order valence-electron chi connectivity index (χ3n) is 6.41. The van der Waals surface area contributed by atoms with Gasteiger partial charge in [-0.05, 0) is 36.4 Å². The molecule has 5 N–H and O–H groups in total. The number of urea groups is 1. The second-order valence-corrected chi connectivity index (χ2v) is 9.63. The largest absolute Gasteiger partial charge is 0.495 e. The lowest BCUT2D eigenvalue weighted by molar-refractivity contribution is 0.258. The highest BCUT2D eigenvalue weighted by atomic mass is 35.5. The van der Waals surface area contributed by atoms with E-state index in [0.29, 0.717) is 29.6 Å². The zero-order valence-corrected chi connectivity index (χ0v) is 24.0. The number of nitrogens with zero attached hydrogens (tertiary/aromatic N) is 4. The number of hydrogen-bond acceptors (Lipinski definition) is 9. The summed E-state index contributed by atoms with van der Waals surface area (Å²) in [4.78, 5) is 25.4. The summed E-state index contributed by atoms with van der Waals surface area (Å²) in [5.74, 6) is 1.46. The van der Waals surface area contributed by atoms with E-state index >= 15 is 0 Å². The lowest BCUT2D eigenvalue weighted by Gasteiger charge is -2.30. The van der Waals surface area contributed by atoms with E-state index in [2.05, 4.69) is 43.0 Å². The summed E-state index contributed by atoms with van der Waals surface area (Å²) < 4.78 is 10.6. The molecule has 1 fully saturated rings. The van der Waals surface area contributed by atoms with Crippen LogP contribution in [0.2, 0.25) is 10.0 Å². The quantitative estimate of drug-likeness (QED) is 0.283. The van der Waals surface area contributed by atoms with Gasteiger partial charge in [0.25, 0.3) is 0 Å². The normalized spacial score (nSPS) is 13.3. The van der Waals surface area contributed by atoms with Crippen LogP contribution >= 0.6 is 23.2 Å². The highest BCUT2D eigenvalue weighted by molar-refractivity contribution is 6.41. The SMILES string of the molecule is COc1cc(OC)c(Cl)c(NC(=O)N(C)c2cc(Nc3ccc(N4CCNCC4)cc3CC=CN)ncn2)c1Cl. The Bertz CT molecular complexity index is 1350. The van der Waals surface area contributed by atoms with Gasteiger partial charge in [-0.2, -0.15) is 0 Å². The van der Waals surface area contributed by atoms with Gasteiger partial charge in [-0.25, -0.2) is 14.8 Å². The molecular formula is C27H32Cl2N8O3. The first-order valence-electron chi connectivity index (χ1n) is 12.5. The summed E-state index contributed by atoms with van der Waals surface area (Å²) >= 11 is 12.8. The summed E-state index contributed by atoms with van der Waals surface area (Å²) in [6.45, 7) is 3.79. The van der Waals surface area contributed by atoms with Gasteiger partial charge in [0, 0.05) is 56.7 Å². The van der Waals surface area contributed by atoms with E-state index in [4.69, 9.17) is 38.4 Å². The van der Waals surface area contributed by atoms with Crippen molar-refractivity contribution in [2.24, 2.45) is 5.73 Å². The molecule has 0 spiro atoms. The number of ether oxygens (including phenoxy) is 2. The number of methoxy groups -OCH3 is 2. The molecule has 212 valence electrons. The molecule has 0 radical (unpaired) electrons. The number of aromatic nitrogens is 2. The Balaban J connectivity index is 1.55. The van der Waals surface area contributed by atoms with Crippen LogP contribution in [0.5, 0.6) is 11.5 Å². The zero-order valence-electron chi connectivity index (χ0n) is 22.5. The number of nitrogens with two attached hydrogens (primary N) is 1. The number of benzene rings is 2. The van der Waals surface area contributed by atoms with Crippen LogP contribution in [0.3, 0.4) is 0 Å². The standard InChI is InChI=1S/C27H32Cl2N8O3/c1-36(27(38)35-26-24(28)20(39-2)14-21(40-3)25(26)29)23-15-22(32-16-33-23)34-19-7-6-18(13-17(19)5-4-8-30)37-11-9-31-10-12-37/h4,6-8,13-16,31H,5,9-12,30H2,1-3H3,(H,35,38)(H,32,33,34). The van der Waals surface area contributed by atoms with Crippen molar-refractivity contribution in [2.45, 2.75) is 6.42 Å². The van der Waals surface area contributed by atoms with E-state index in [9.17, 15) is 4.79 Å². The Morgan fingerprint density at radius 3 is 2.48 bits per heavy atom. The summed E-state index contributed by atoms with van der Waals surface area (Å²) in [5.41, 5.74) is 8.87. The number of halogens is 2. The summed E-state index contributed by atoms with van der Waals surface area (Å²) in [7, 11) is 4.48. The average Bonchev–Trinajstić information content (AvgIpc) is 2.99. The maximum absolute atomic E-state index is 13.2. The molecule has 1 aliphatic heterocycles. The maximum atomic E-state index is 13.2. The molecule has 3 aromatic rings. The minimum absolute atomic E-state index is 0.142. The fraction of sp³-hybridized carbons (Fsp3) is 0.296. The van der Waals surface area contributed by atoms with E-state index in [0.717, 1.165) is 43.1 Å². The average molecular weight is 588 g/mol. The second-order valence-electron chi connectivity index (χ2n) is 8.87. The maximum Gasteiger partial charge on any atom is 0.327 e. The Hall–Kier alpha value is -3.93. The van der Waals surface area contributed by atoms with Gasteiger partial charge in [-0.3, -0.25) is 4.90 Å². The van der Waals surface area contributed by atoms with Crippen molar-refractivity contribution < 1.29 is 14.3 Å². The number of carbonyl (C=O) groups excluding carboxylic acids is 1. The van der Waals surface area contributed by atoms with Gasteiger partial charge in [-0.1, -0.05) is 29.3 Å². The number of nitrogens with one attached hydrogen (secondary N) is 3. The van der Waals surface area contributed by atoms with Crippen molar-refractivity contribution in [1.29, 1.82) is 0 Å². The lowest BCUT2D eigenvalue weighted by atomic mass is 10.1. The Kier molecular flexibility index (Phi) is 9.75. The molecule has 40 heavy (non-hydrogen) atoms. The number of amides is 2. The van der Waals surface area contributed by atoms with Crippen LogP contribution in [0.25, 0.3) is 0 Å². The third-order valence-corrected chi connectivity index (χ3v) is 7.16. The monoisotopic (exact) mass is 586 g/mol. The summed E-state index contributed by atoms with van der Waals surface area (Å²) in [5, 5.41) is 9.73. The highest BCUT2D eigenvalue weighted by Crippen LogP contribution is 2.44. The van der Waals surface area contributed by atoms with Crippen molar-refractivity contribution in [1.82, 2.24) is 15.3 Å². The van der Waals surface area contributed by atoms with Crippen LogP contribution < -0.4 is 41.0 Å². The van der Waals surface area contributed by atoms with Crippen molar-refractivity contribution in [3.05, 3.63) is 64.5 Å². The zero-order chi connectivity index (χ0) is 28.6. The lowest BCUT2D eigenvalue weighted by Crippen LogP contribution is -2.43. The third kappa shape index (κ3) is 6.61. The number of carbonyl (C=O) groups is 1. The Morgan fingerprint density at radius 1 is 1.12 bits per heavy atom. The van der Waals surface area contributed by atoms with E-state index in [1.165, 1.54) is 31.6 Å². The van der Waals surface area contributed by atoms with Crippen LogP contribution in [0, 0.1) is 0 Å². The molecule has 2 heterocycles. The molecule has 0 unspecified atom stereocenters. The Morgan fingerprint density at radius 2 is 1.82 bits per heavy atom. The van der Waals surface area contributed by atoms with Crippen molar-refractivity contribution >= 4 is 57.9 Å². The Labute approximate surface area is 243 Å². The first-order chi connectivity index (χ1) is 19.4. The van der Waals surface area contributed by atoms with Gasteiger partial charge in [0.2, 0.25) is 0 Å². The van der Waals surface area contributed by atoms with Crippen LogP contribution in [0.15, 0.2) is 48.9 Å². The molecule has 0 atom stereocenters. The molecule has 0 bridgehead atoms. The van der Waals surface area contributed by atoms with Gasteiger partial charge in [0.1, 0.15) is 39.5 Å². The smallest absolute Gasteiger partial charge is 0.327 e. The van der Waals surface area contributed by atoms with E-state index in [1.807, 2.05) is 12.1 Å². The molecule has 2 amide bonds. The van der Waals surface area contributed by atoms with Crippen molar-refractivity contribution in [3.63, 3.8) is 0 Å². The van der Waals surface area contributed by atoms with Gasteiger partial charge in [-0.15, -0.1) is 0 Å². The molecule has 1 aromatic heterocycles. The molecule has 11 nitrogen and oxygen atoms in total. The van der Waals surface area contributed by atoms with Gasteiger partial charge < -0.3 is 36.1 Å². The number of rotatable bonds is 9. The van der Waals surface area contributed by atoms with Crippen LogP contribution in [0.1, 0.15) is 5.56 Å². The minimum atomic E-state index is -0.530. The van der Waals surface area contributed by atoms with Gasteiger partial charge in [0.05, 0.1) is 19.9 Å². The van der Waals surface area contributed by atoms with Crippen LogP contribution in [0.4, 0.5) is 33.5 Å². The van der Waals surface area contributed by atoms with Crippen molar-refractivity contribution in [3.8, 4) is 11.5 Å². The number of hydrogen-bond donors (Lipinski definition) is 4.